The lowest BCUT2D eigenvalue weighted by molar-refractivity contribution is 0.0601. The van der Waals surface area contributed by atoms with Gasteiger partial charge in [-0.1, -0.05) is 66.6 Å². The second-order valence-electron chi connectivity index (χ2n) is 8.15. The molecule has 0 fully saturated rings. The fourth-order valence-corrected chi connectivity index (χ4v) is 5.10. The van der Waals surface area contributed by atoms with Gasteiger partial charge in [-0.2, -0.15) is 0 Å². The van der Waals surface area contributed by atoms with Gasteiger partial charge in [-0.3, -0.25) is 4.31 Å². The number of rotatable bonds is 6. The molecule has 7 heteroatoms. The van der Waals surface area contributed by atoms with Gasteiger partial charge in [-0.25, -0.2) is 13.2 Å². The molecular weight excluding hydrogens is 498 g/mol. The highest BCUT2D eigenvalue weighted by Crippen LogP contribution is 2.32. The van der Waals surface area contributed by atoms with Gasteiger partial charge >= 0.3 is 5.97 Å². The van der Waals surface area contributed by atoms with E-state index in [2.05, 4.69) is 54.5 Å². The first-order valence-electron chi connectivity index (χ1n) is 11.7. The summed E-state index contributed by atoms with van der Waals surface area (Å²) in [5.41, 5.74) is 3.84. The van der Waals surface area contributed by atoms with Gasteiger partial charge in [0.15, 0.2) is 0 Å². The number of methoxy groups -OCH3 is 2. The fourth-order valence-electron chi connectivity index (χ4n) is 3.82. The maximum atomic E-state index is 13.0. The van der Waals surface area contributed by atoms with Gasteiger partial charge in [0.1, 0.15) is 5.75 Å². The summed E-state index contributed by atoms with van der Waals surface area (Å²) in [4.78, 5) is 12.2. The Morgan fingerprint density at radius 2 is 1.34 bits per heavy atom. The Balaban J connectivity index is 0.000000275. The van der Waals surface area contributed by atoms with Crippen molar-refractivity contribution in [2.24, 2.45) is 0 Å². The van der Waals surface area contributed by atoms with Gasteiger partial charge in [-0.15, -0.1) is 6.42 Å². The van der Waals surface area contributed by atoms with Crippen molar-refractivity contribution in [2.45, 2.75) is 11.8 Å². The van der Waals surface area contributed by atoms with E-state index in [9.17, 15) is 13.2 Å². The number of hydrogen-bond donors (Lipinski definition) is 0. The van der Waals surface area contributed by atoms with Crippen LogP contribution in [0, 0.1) is 19.3 Å². The van der Waals surface area contributed by atoms with Crippen LogP contribution < -0.4 is 9.04 Å². The molecule has 0 amide bonds. The summed E-state index contributed by atoms with van der Waals surface area (Å²) in [6, 6.07) is 29.8. The minimum absolute atomic E-state index is 0.0575. The van der Waals surface area contributed by atoms with E-state index in [1.165, 1.54) is 50.6 Å². The highest BCUT2D eigenvalue weighted by molar-refractivity contribution is 7.92. The quantitative estimate of drug-likeness (QED) is 0.229. The fraction of sp³-hybridized carbons (Fsp3) is 0.129. The van der Waals surface area contributed by atoms with Crippen molar-refractivity contribution in [1.82, 2.24) is 0 Å². The van der Waals surface area contributed by atoms with E-state index in [4.69, 9.17) is 15.9 Å². The Morgan fingerprint density at radius 1 is 0.816 bits per heavy atom. The van der Waals surface area contributed by atoms with Crippen LogP contribution in [0.5, 0.6) is 5.75 Å². The number of sulfonamides is 1. The Hall–Kier alpha value is -4.54. The molecule has 4 aromatic rings. The molecule has 0 spiro atoms. The number of benzene rings is 4. The Labute approximate surface area is 224 Å². The lowest BCUT2D eigenvalue weighted by atomic mass is 10.0. The Bertz CT molecular complexity index is 1490. The molecule has 0 radical (unpaired) electrons. The molecule has 0 aliphatic carbocycles. The van der Waals surface area contributed by atoms with Crippen LogP contribution in [-0.2, 0) is 14.8 Å². The smallest absolute Gasteiger partial charge is 0.340 e. The molecule has 0 aliphatic heterocycles. The largest absolute Gasteiger partial charge is 0.497 e. The van der Waals surface area contributed by atoms with Gasteiger partial charge in [0, 0.05) is 12.6 Å². The number of esters is 1. The van der Waals surface area contributed by atoms with E-state index in [1.54, 1.807) is 25.1 Å². The average molecular weight is 528 g/mol. The van der Waals surface area contributed by atoms with Crippen molar-refractivity contribution in [2.75, 3.05) is 25.6 Å². The van der Waals surface area contributed by atoms with Crippen LogP contribution in [-0.4, -0.2) is 35.7 Å². The van der Waals surface area contributed by atoms with Crippen molar-refractivity contribution in [3.8, 4) is 29.2 Å². The predicted octanol–water partition coefficient (Wildman–Crippen LogP) is 5.95. The van der Waals surface area contributed by atoms with Crippen LogP contribution in [0.4, 0.5) is 5.69 Å². The second-order valence-corrected chi connectivity index (χ2v) is 10.1. The van der Waals surface area contributed by atoms with Crippen LogP contribution in [0.3, 0.4) is 0 Å². The maximum absolute atomic E-state index is 13.0. The summed E-state index contributed by atoms with van der Waals surface area (Å²) in [5, 5.41) is 0. The van der Waals surface area contributed by atoms with Gasteiger partial charge in [-0.05, 0) is 60.0 Å². The van der Waals surface area contributed by atoms with E-state index in [1.807, 2.05) is 12.1 Å². The number of nitrogens with zero attached hydrogens (tertiary/aromatic N) is 1. The molecule has 0 unspecified atom stereocenters. The molecule has 0 N–H and O–H groups in total. The summed E-state index contributed by atoms with van der Waals surface area (Å²) in [6.07, 6.45) is 5.48. The van der Waals surface area contributed by atoms with E-state index in [0.717, 1.165) is 4.31 Å². The number of carbonyl (C=O) groups excluding carboxylic acids is 1. The summed E-state index contributed by atoms with van der Waals surface area (Å²) in [5.74, 6) is 2.38. The van der Waals surface area contributed by atoms with Crippen molar-refractivity contribution < 1.29 is 22.7 Å². The van der Waals surface area contributed by atoms with Crippen molar-refractivity contribution in [3.63, 3.8) is 0 Å². The Morgan fingerprint density at radius 3 is 1.79 bits per heavy atom. The van der Waals surface area contributed by atoms with Crippen molar-refractivity contribution in [1.29, 1.82) is 0 Å². The van der Waals surface area contributed by atoms with Crippen molar-refractivity contribution >= 4 is 21.7 Å². The van der Waals surface area contributed by atoms with Gasteiger partial charge in [0.05, 0.1) is 30.4 Å². The highest BCUT2D eigenvalue weighted by Gasteiger charge is 2.28. The molecule has 6 nitrogen and oxygen atoms in total. The third kappa shape index (κ3) is 6.23. The summed E-state index contributed by atoms with van der Waals surface area (Å²) >= 11 is 0. The topological polar surface area (TPSA) is 72.9 Å². The lowest BCUT2D eigenvalue weighted by Gasteiger charge is -2.24. The van der Waals surface area contributed by atoms with Gasteiger partial charge in [0.25, 0.3) is 10.0 Å². The van der Waals surface area contributed by atoms with Crippen molar-refractivity contribution in [3.05, 3.63) is 114 Å². The van der Waals surface area contributed by atoms with Crippen LogP contribution in [0.1, 0.15) is 21.5 Å². The van der Waals surface area contributed by atoms with E-state index >= 15 is 0 Å². The van der Waals surface area contributed by atoms with E-state index in [0.29, 0.717) is 16.9 Å². The highest BCUT2D eigenvalue weighted by atomic mass is 32.2. The molecule has 0 bridgehead atoms. The Kier molecular flexibility index (Phi) is 9.31. The zero-order valence-electron chi connectivity index (χ0n) is 21.7. The molecule has 0 aliphatic rings. The van der Waals surface area contributed by atoms with Gasteiger partial charge < -0.3 is 9.47 Å². The number of carbonyl (C=O) groups is 1. The number of ether oxygens (including phenoxy) is 2. The first kappa shape index (κ1) is 28.0. The van der Waals surface area contributed by atoms with Gasteiger partial charge in [0.2, 0.25) is 0 Å². The minimum Gasteiger partial charge on any atom is -0.497 e. The third-order valence-electron chi connectivity index (χ3n) is 5.91. The van der Waals surface area contributed by atoms with Crippen LogP contribution >= 0.6 is 0 Å². The normalized spacial score (nSPS) is 10.4. The first-order chi connectivity index (χ1) is 18.2. The number of hydrogen-bond acceptors (Lipinski definition) is 5. The maximum Gasteiger partial charge on any atom is 0.340 e. The molecule has 0 heterocycles. The summed E-state index contributed by atoms with van der Waals surface area (Å²) in [6.45, 7) is 1.66. The second kappa shape index (κ2) is 12.6. The average Bonchev–Trinajstić information content (AvgIpc) is 2.97. The third-order valence-corrected chi connectivity index (χ3v) is 7.68. The van der Waals surface area contributed by atoms with E-state index in [-0.39, 0.29) is 16.1 Å². The SMILES string of the molecule is C#Cc1ccc(C(=O)OC)c(N(C)S(=O)(=O)c2ccc(OC)cc2)c1C.c1ccc(-c2ccccc2)cc1. The zero-order valence-corrected chi connectivity index (χ0v) is 22.5. The molecule has 194 valence electrons. The zero-order chi connectivity index (χ0) is 27.7. The summed E-state index contributed by atoms with van der Waals surface area (Å²) < 4.78 is 36.9. The summed E-state index contributed by atoms with van der Waals surface area (Å²) in [7, 11) is 0.166. The molecular formula is C31H29NO5S. The van der Waals surface area contributed by atoms with E-state index < -0.39 is 16.0 Å². The number of anilines is 1. The van der Waals surface area contributed by atoms with Crippen LogP contribution in [0.2, 0.25) is 0 Å². The van der Waals surface area contributed by atoms with Crippen LogP contribution in [0.25, 0.3) is 11.1 Å². The molecule has 4 aromatic carbocycles. The molecule has 0 atom stereocenters. The molecule has 38 heavy (non-hydrogen) atoms. The molecule has 0 aromatic heterocycles. The molecule has 0 saturated carbocycles. The standard InChI is InChI=1S/C19H19NO5S.C12H10/c1-6-14-7-12-17(19(21)25-5)18(13(14)2)20(3)26(22,23)16-10-8-15(24-4)9-11-16;1-3-7-11(8-4-1)12-9-5-2-6-10-12/h1,7-12H,2-5H3;1-10H. The molecule has 0 saturated heterocycles. The predicted molar refractivity (Wildman–Crippen MR) is 151 cm³/mol. The number of terminal acetylenes is 1. The lowest BCUT2D eigenvalue weighted by Crippen LogP contribution is -2.29. The monoisotopic (exact) mass is 527 g/mol. The molecule has 4 rings (SSSR count). The van der Waals surface area contributed by atoms with Crippen LogP contribution in [0.15, 0.2) is 102 Å². The minimum atomic E-state index is -3.93. The first-order valence-corrected chi connectivity index (χ1v) is 13.1.